The summed E-state index contributed by atoms with van der Waals surface area (Å²) in [7, 11) is -3.78. The van der Waals surface area contributed by atoms with E-state index in [0.29, 0.717) is 13.2 Å². The van der Waals surface area contributed by atoms with Gasteiger partial charge in [0.1, 0.15) is 0 Å². The lowest BCUT2D eigenvalue weighted by Gasteiger charge is -2.11. The Morgan fingerprint density at radius 2 is 1.33 bits per heavy atom. The van der Waals surface area contributed by atoms with Gasteiger partial charge < -0.3 is 4.89 Å². The zero-order valence-electron chi connectivity index (χ0n) is 8.53. The summed E-state index contributed by atoms with van der Waals surface area (Å²) in [5, 5.41) is 0. The summed E-state index contributed by atoms with van der Waals surface area (Å²) < 4.78 is 22.9. The molecule has 0 spiro atoms. The van der Waals surface area contributed by atoms with Crippen LogP contribution in [0.25, 0.3) is 0 Å². The van der Waals surface area contributed by atoms with E-state index >= 15 is 0 Å². The summed E-state index contributed by atoms with van der Waals surface area (Å²) in [6, 6.07) is 0. The molecule has 0 amide bonds. The van der Waals surface area contributed by atoms with Gasteiger partial charge in [-0.3, -0.25) is 9.05 Å². The monoisotopic (exact) mass is 462 g/mol. The maximum absolute atomic E-state index is 11.2. The van der Waals surface area contributed by atoms with Gasteiger partial charge in [-0.25, -0.2) is 4.57 Å². The van der Waals surface area contributed by atoms with Gasteiger partial charge in [0.15, 0.2) is 0 Å². The molecule has 0 aliphatic carbocycles. The van der Waals surface area contributed by atoms with E-state index in [-0.39, 0.29) is 0 Å². The predicted octanol–water partition coefficient (Wildman–Crippen LogP) is 3.55. The molecule has 0 aromatic carbocycles. The van der Waals surface area contributed by atoms with E-state index < -0.39 is 7.82 Å². The first-order valence-electron chi connectivity index (χ1n) is 4.86. The molecule has 0 unspecified atom stereocenters. The summed E-state index contributed by atoms with van der Waals surface area (Å²) in [5.74, 6) is 0. The Kier molecular flexibility index (Phi) is 11.8. The first-order chi connectivity index (χ1) is 7.12. The van der Waals surface area contributed by atoms with Crippen molar-refractivity contribution in [3.8, 4) is 0 Å². The Bertz CT molecular complexity index is 175. The number of unbranched alkanes of at least 4 members (excludes halogenated alkanes) is 2. The molecule has 0 heterocycles. The number of hydrogen-bond acceptors (Lipinski definition) is 3. The van der Waals surface area contributed by atoms with Gasteiger partial charge in [-0.15, -0.1) is 0 Å². The second-order valence-corrected chi connectivity index (χ2v) is 6.54. The van der Waals surface area contributed by atoms with Gasteiger partial charge in [0.25, 0.3) is 0 Å². The van der Waals surface area contributed by atoms with E-state index in [1.165, 1.54) is 0 Å². The highest BCUT2D eigenvalue weighted by atomic mass is 127. The highest BCUT2D eigenvalue weighted by Gasteiger charge is 2.19. The van der Waals surface area contributed by atoms with Crippen LogP contribution in [0.1, 0.15) is 25.7 Å². The molecule has 0 radical (unpaired) electrons. The third-order valence-electron chi connectivity index (χ3n) is 1.56. The SMILES string of the molecule is O=P(O)(OCCCCI)OCCCCI. The van der Waals surface area contributed by atoms with Crippen molar-refractivity contribution in [3.05, 3.63) is 0 Å². The highest BCUT2D eigenvalue weighted by Crippen LogP contribution is 2.43. The minimum atomic E-state index is -3.78. The Hall–Kier alpha value is 1.57. The average molecular weight is 462 g/mol. The van der Waals surface area contributed by atoms with Crippen LogP contribution in [0.15, 0.2) is 0 Å². The molecule has 0 aliphatic rings. The fraction of sp³-hybridized carbons (Fsp3) is 1.00. The van der Waals surface area contributed by atoms with Gasteiger partial charge in [0.2, 0.25) is 0 Å². The molecular formula is C8H17I2O4P. The number of halogens is 2. The van der Waals surface area contributed by atoms with Crippen LogP contribution >= 0.6 is 53.0 Å². The molecule has 0 fully saturated rings. The van der Waals surface area contributed by atoms with Crippen LogP contribution in [0.2, 0.25) is 0 Å². The van der Waals surface area contributed by atoms with Gasteiger partial charge in [-0.2, -0.15) is 0 Å². The Labute approximate surface area is 118 Å². The fourth-order valence-corrected chi connectivity index (χ4v) is 2.66. The summed E-state index contributed by atoms with van der Waals surface area (Å²) in [5.41, 5.74) is 0. The van der Waals surface area contributed by atoms with Gasteiger partial charge >= 0.3 is 7.82 Å². The van der Waals surface area contributed by atoms with Crippen LogP contribution in [0.3, 0.4) is 0 Å². The largest absolute Gasteiger partial charge is 0.472 e. The lowest BCUT2D eigenvalue weighted by molar-refractivity contribution is 0.147. The zero-order valence-corrected chi connectivity index (χ0v) is 13.7. The molecule has 92 valence electrons. The highest BCUT2D eigenvalue weighted by molar-refractivity contribution is 14.1. The maximum Gasteiger partial charge on any atom is 0.472 e. The van der Waals surface area contributed by atoms with Gasteiger partial charge in [-0.05, 0) is 34.5 Å². The quantitative estimate of drug-likeness (QED) is 0.234. The van der Waals surface area contributed by atoms with Crippen molar-refractivity contribution in [2.24, 2.45) is 0 Å². The third kappa shape index (κ3) is 11.8. The molecule has 7 heteroatoms. The first-order valence-corrected chi connectivity index (χ1v) is 9.41. The van der Waals surface area contributed by atoms with Crippen LogP contribution in [-0.2, 0) is 13.6 Å². The summed E-state index contributed by atoms with van der Waals surface area (Å²) in [6.07, 6.45) is 3.58. The van der Waals surface area contributed by atoms with Crippen LogP contribution < -0.4 is 0 Å². The van der Waals surface area contributed by atoms with E-state index in [9.17, 15) is 9.46 Å². The molecule has 15 heavy (non-hydrogen) atoms. The minimum Gasteiger partial charge on any atom is -0.302 e. The van der Waals surface area contributed by atoms with Crippen LogP contribution in [0.5, 0.6) is 0 Å². The number of alkyl halides is 2. The molecule has 4 nitrogen and oxygen atoms in total. The zero-order chi connectivity index (χ0) is 11.6. The molecular weight excluding hydrogens is 445 g/mol. The lowest BCUT2D eigenvalue weighted by Crippen LogP contribution is -1.99. The van der Waals surface area contributed by atoms with E-state index in [2.05, 4.69) is 45.2 Å². The van der Waals surface area contributed by atoms with Crippen LogP contribution in [0, 0.1) is 0 Å². The Morgan fingerprint density at radius 3 is 1.67 bits per heavy atom. The van der Waals surface area contributed by atoms with E-state index in [1.807, 2.05) is 0 Å². The molecule has 0 rings (SSSR count). The van der Waals surface area contributed by atoms with E-state index in [1.54, 1.807) is 0 Å². The van der Waals surface area contributed by atoms with Crippen LogP contribution in [-0.4, -0.2) is 27.0 Å². The van der Waals surface area contributed by atoms with Crippen molar-refractivity contribution in [2.45, 2.75) is 25.7 Å². The van der Waals surface area contributed by atoms with Crippen molar-refractivity contribution in [3.63, 3.8) is 0 Å². The standard InChI is InChI=1S/C8H17I2O4P/c9-5-1-3-7-13-15(11,12)14-8-4-2-6-10/h1-8H2,(H,11,12). The Morgan fingerprint density at radius 1 is 0.933 bits per heavy atom. The molecule has 0 atom stereocenters. The van der Waals surface area contributed by atoms with Crippen LogP contribution in [0.4, 0.5) is 0 Å². The molecule has 0 saturated carbocycles. The van der Waals surface area contributed by atoms with Gasteiger partial charge in [0, 0.05) is 0 Å². The first kappa shape index (κ1) is 16.6. The molecule has 0 aromatic heterocycles. The van der Waals surface area contributed by atoms with Crippen molar-refractivity contribution in [1.82, 2.24) is 0 Å². The fourth-order valence-electron chi connectivity index (χ4n) is 0.790. The predicted molar refractivity (Wildman–Crippen MR) is 78.0 cm³/mol. The normalized spacial score (nSPS) is 11.9. The number of rotatable bonds is 10. The second kappa shape index (κ2) is 10.7. The number of phosphoric acid groups is 1. The van der Waals surface area contributed by atoms with Crippen molar-refractivity contribution in [1.29, 1.82) is 0 Å². The molecule has 0 saturated heterocycles. The van der Waals surface area contributed by atoms with Gasteiger partial charge in [0.05, 0.1) is 13.2 Å². The molecule has 1 N–H and O–H groups in total. The summed E-state index contributed by atoms with van der Waals surface area (Å²) >= 11 is 4.52. The summed E-state index contributed by atoms with van der Waals surface area (Å²) in [6.45, 7) is 0.589. The Balaban J connectivity index is 3.45. The maximum atomic E-state index is 11.2. The van der Waals surface area contributed by atoms with Crippen molar-refractivity contribution >= 4 is 53.0 Å². The van der Waals surface area contributed by atoms with E-state index in [0.717, 1.165) is 34.5 Å². The smallest absolute Gasteiger partial charge is 0.302 e. The topological polar surface area (TPSA) is 55.8 Å². The molecule has 0 aliphatic heterocycles. The molecule has 0 aromatic rings. The number of phosphoric ester groups is 1. The third-order valence-corrected chi connectivity index (χ3v) is 4.11. The minimum absolute atomic E-state index is 0.295. The van der Waals surface area contributed by atoms with Crippen molar-refractivity contribution < 1.29 is 18.5 Å². The lowest BCUT2D eigenvalue weighted by atomic mass is 10.4. The van der Waals surface area contributed by atoms with E-state index in [4.69, 9.17) is 9.05 Å². The average Bonchev–Trinajstić information content (AvgIpc) is 2.20. The van der Waals surface area contributed by atoms with Crippen molar-refractivity contribution in [2.75, 3.05) is 22.1 Å². The summed E-state index contributed by atoms with van der Waals surface area (Å²) in [4.78, 5) is 9.22. The molecule has 0 bridgehead atoms. The second-order valence-electron chi connectivity index (χ2n) is 2.93. The number of hydrogen-bond donors (Lipinski definition) is 1. The van der Waals surface area contributed by atoms with Gasteiger partial charge in [-0.1, -0.05) is 45.2 Å².